The summed E-state index contributed by atoms with van der Waals surface area (Å²) in [6.07, 6.45) is 3.05. The minimum Gasteiger partial charge on any atom is -0.461 e. The number of halogens is 2. The molecule has 2 aromatic heterocycles. The fourth-order valence-corrected chi connectivity index (χ4v) is 3.51. The van der Waals surface area contributed by atoms with Crippen LogP contribution in [0.5, 0.6) is 0 Å². The largest absolute Gasteiger partial charge is 0.461 e. The van der Waals surface area contributed by atoms with Crippen molar-refractivity contribution in [2.75, 3.05) is 5.75 Å². The van der Waals surface area contributed by atoms with Crippen LogP contribution in [0, 0.1) is 5.82 Å². The topological polar surface area (TPSA) is 85.3 Å². The van der Waals surface area contributed by atoms with Gasteiger partial charge in [-0.15, -0.1) is 10.2 Å². The molecular formula is C21H15ClFN5O2S. The van der Waals surface area contributed by atoms with Crippen molar-refractivity contribution >= 4 is 35.5 Å². The summed E-state index contributed by atoms with van der Waals surface area (Å²) in [5.41, 5.74) is 3.91. The summed E-state index contributed by atoms with van der Waals surface area (Å²) in [7, 11) is 0. The van der Waals surface area contributed by atoms with Gasteiger partial charge in [0.25, 0.3) is 5.91 Å². The van der Waals surface area contributed by atoms with Gasteiger partial charge in [0.1, 0.15) is 5.82 Å². The first kappa shape index (κ1) is 20.8. The Labute approximate surface area is 185 Å². The number of carbonyl (C=O) groups excluding carboxylic acids is 1. The number of rotatable bonds is 7. The molecule has 31 heavy (non-hydrogen) atoms. The van der Waals surface area contributed by atoms with E-state index in [4.69, 9.17) is 16.0 Å². The maximum atomic E-state index is 13.4. The molecule has 156 valence electrons. The predicted octanol–water partition coefficient (Wildman–Crippen LogP) is 4.56. The third-order valence-corrected chi connectivity index (χ3v) is 5.25. The predicted molar refractivity (Wildman–Crippen MR) is 117 cm³/mol. The van der Waals surface area contributed by atoms with E-state index in [2.05, 4.69) is 20.7 Å². The second kappa shape index (κ2) is 9.59. The monoisotopic (exact) mass is 455 g/mol. The summed E-state index contributed by atoms with van der Waals surface area (Å²) in [5, 5.41) is 13.4. The zero-order valence-electron chi connectivity index (χ0n) is 15.9. The first-order valence-corrected chi connectivity index (χ1v) is 10.4. The van der Waals surface area contributed by atoms with Crippen LogP contribution in [0.2, 0.25) is 5.02 Å². The lowest BCUT2D eigenvalue weighted by molar-refractivity contribution is -0.118. The number of hydrogen-bond donors (Lipinski definition) is 1. The smallest absolute Gasteiger partial charge is 0.250 e. The Kier molecular flexibility index (Phi) is 6.44. The summed E-state index contributed by atoms with van der Waals surface area (Å²) < 4.78 is 20.5. The molecule has 0 atom stereocenters. The van der Waals surface area contributed by atoms with Crippen LogP contribution in [-0.2, 0) is 4.79 Å². The van der Waals surface area contributed by atoms with E-state index in [0.29, 0.717) is 27.5 Å². The average Bonchev–Trinajstić information content (AvgIpc) is 3.44. The fourth-order valence-electron chi connectivity index (χ4n) is 2.64. The molecule has 10 heteroatoms. The highest BCUT2D eigenvalue weighted by atomic mass is 35.5. The van der Waals surface area contributed by atoms with Gasteiger partial charge in [0.2, 0.25) is 5.82 Å². The Morgan fingerprint density at radius 3 is 2.65 bits per heavy atom. The Morgan fingerprint density at radius 2 is 1.94 bits per heavy atom. The summed E-state index contributed by atoms with van der Waals surface area (Å²) in [5.74, 6) is 0.322. The van der Waals surface area contributed by atoms with Crippen molar-refractivity contribution in [1.82, 2.24) is 20.2 Å². The summed E-state index contributed by atoms with van der Waals surface area (Å²) in [6.45, 7) is 0. The average molecular weight is 456 g/mol. The van der Waals surface area contributed by atoms with E-state index in [1.54, 1.807) is 53.1 Å². The minimum atomic E-state index is -0.358. The van der Waals surface area contributed by atoms with Crippen LogP contribution in [0.4, 0.5) is 4.39 Å². The lowest BCUT2D eigenvalue weighted by atomic mass is 10.2. The molecule has 2 aromatic carbocycles. The number of hydrazone groups is 1. The van der Waals surface area contributed by atoms with Crippen molar-refractivity contribution in [2.45, 2.75) is 5.16 Å². The van der Waals surface area contributed by atoms with Crippen LogP contribution in [-0.4, -0.2) is 32.6 Å². The van der Waals surface area contributed by atoms with E-state index in [1.165, 1.54) is 36.4 Å². The van der Waals surface area contributed by atoms with Crippen LogP contribution in [0.15, 0.2) is 81.6 Å². The van der Waals surface area contributed by atoms with E-state index < -0.39 is 0 Å². The van der Waals surface area contributed by atoms with Gasteiger partial charge in [0.15, 0.2) is 10.9 Å². The second-order valence-electron chi connectivity index (χ2n) is 6.23. The van der Waals surface area contributed by atoms with Crippen molar-refractivity contribution < 1.29 is 13.6 Å². The molecule has 2 heterocycles. The second-order valence-corrected chi connectivity index (χ2v) is 7.61. The Balaban J connectivity index is 1.47. The van der Waals surface area contributed by atoms with Crippen molar-refractivity contribution in [1.29, 1.82) is 0 Å². The molecule has 0 bridgehead atoms. The Hall–Kier alpha value is -3.43. The number of carbonyl (C=O) groups is 1. The van der Waals surface area contributed by atoms with E-state index in [9.17, 15) is 9.18 Å². The Morgan fingerprint density at radius 1 is 1.16 bits per heavy atom. The molecule has 4 rings (SSSR count). The van der Waals surface area contributed by atoms with Crippen LogP contribution in [0.3, 0.4) is 0 Å². The number of hydrogen-bond acceptors (Lipinski definition) is 6. The lowest BCUT2D eigenvalue weighted by Gasteiger charge is -2.09. The van der Waals surface area contributed by atoms with Gasteiger partial charge in [-0.1, -0.05) is 35.5 Å². The number of furan rings is 1. The quantitative estimate of drug-likeness (QED) is 0.251. The van der Waals surface area contributed by atoms with Crippen molar-refractivity contribution in [3.8, 4) is 17.3 Å². The lowest BCUT2D eigenvalue weighted by Crippen LogP contribution is -2.20. The molecule has 0 spiro atoms. The van der Waals surface area contributed by atoms with E-state index >= 15 is 0 Å². The molecule has 1 N–H and O–H groups in total. The van der Waals surface area contributed by atoms with Gasteiger partial charge in [-0.2, -0.15) is 5.10 Å². The van der Waals surface area contributed by atoms with Crippen molar-refractivity contribution in [3.63, 3.8) is 0 Å². The number of aromatic nitrogens is 3. The molecule has 0 aliphatic carbocycles. The molecule has 0 unspecified atom stereocenters. The van der Waals surface area contributed by atoms with Gasteiger partial charge >= 0.3 is 0 Å². The van der Waals surface area contributed by atoms with Gasteiger partial charge in [-0.25, -0.2) is 9.82 Å². The first-order chi connectivity index (χ1) is 15.1. The molecule has 0 radical (unpaired) electrons. The highest BCUT2D eigenvalue weighted by molar-refractivity contribution is 7.99. The highest BCUT2D eigenvalue weighted by Gasteiger charge is 2.19. The van der Waals surface area contributed by atoms with Crippen LogP contribution in [0.1, 0.15) is 5.56 Å². The standard InChI is InChI=1S/C21H15ClFN5O2S/c22-15-5-3-14(4-6-15)12-24-25-19(29)13-31-21-27-26-20(18-2-1-11-30-18)28(21)17-9-7-16(23)8-10-17/h1-12H,13H2,(H,25,29). The van der Waals surface area contributed by atoms with Crippen LogP contribution < -0.4 is 5.43 Å². The van der Waals surface area contributed by atoms with E-state index in [1.807, 2.05) is 0 Å². The van der Waals surface area contributed by atoms with Crippen LogP contribution in [0.25, 0.3) is 17.3 Å². The fraction of sp³-hybridized carbons (Fsp3) is 0.0476. The minimum absolute atomic E-state index is 0.0510. The molecule has 0 aliphatic heterocycles. The molecule has 7 nitrogen and oxygen atoms in total. The Bertz CT molecular complexity index is 1190. The van der Waals surface area contributed by atoms with Crippen molar-refractivity contribution in [2.24, 2.45) is 5.10 Å². The van der Waals surface area contributed by atoms with Gasteiger partial charge in [0, 0.05) is 5.02 Å². The number of benzene rings is 2. The maximum Gasteiger partial charge on any atom is 0.250 e. The van der Waals surface area contributed by atoms with E-state index in [-0.39, 0.29) is 17.5 Å². The van der Waals surface area contributed by atoms with Gasteiger partial charge in [-0.3, -0.25) is 9.36 Å². The molecule has 4 aromatic rings. The SMILES string of the molecule is O=C(CSc1nnc(-c2ccco2)n1-c1ccc(F)cc1)NN=Cc1ccc(Cl)cc1. The summed E-state index contributed by atoms with van der Waals surface area (Å²) >= 11 is 7.01. The van der Waals surface area contributed by atoms with Gasteiger partial charge < -0.3 is 4.42 Å². The normalized spacial score (nSPS) is 11.2. The maximum absolute atomic E-state index is 13.4. The molecule has 0 fully saturated rings. The molecule has 0 saturated heterocycles. The molecular weight excluding hydrogens is 441 g/mol. The zero-order chi connectivity index (χ0) is 21.6. The summed E-state index contributed by atoms with van der Waals surface area (Å²) in [4.78, 5) is 12.2. The van der Waals surface area contributed by atoms with Crippen molar-refractivity contribution in [3.05, 3.63) is 83.3 Å². The number of amides is 1. The van der Waals surface area contributed by atoms with Gasteiger partial charge in [0.05, 0.1) is 23.9 Å². The first-order valence-electron chi connectivity index (χ1n) is 9.05. The van der Waals surface area contributed by atoms with E-state index in [0.717, 1.165) is 5.56 Å². The third-order valence-electron chi connectivity index (χ3n) is 4.06. The molecule has 0 aliphatic rings. The van der Waals surface area contributed by atoms with Crippen LogP contribution >= 0.6 is 23.4 Å². The third kappa shape index (κ3) is 5.19. The molecule has 0 saturated carbocycles. The van der Waals surface area contributed by atoms with Gasteiger partial charge in [-0.05, 0) is 54.1 Å². The molecule has 1 amide bonds. The highest BCUT2D eigenvalue weighted by Crippen LogP contribution is 2.28. The zero-order valence-corrected chi connectivity index (χ0v) is 17.5. The summed E-state index contributed by atoms with van der Waals surface area (Å²) in [6, 6.07) is 16.4. The number of nitrogens with one attached hydrogen (secondary N) is 1. The number of nitrogens with zero attached hydrogens (tertiary/aromatic N) is 4. The number of thioether (sulfide) groups is 1.